The van der Waals surface area contributed by atoms with Crippen LogP contribution in [0.25, 0.3) is 5.69 Å². The maximum atomic E-state index is 11.2. The molecular formula is C12H12N6O2. The summed E-state index contributed by atoms with van der Waals surface area (Å²) < 4.78 is 1.35. The van der Waals surface area contributed by atoms with Crippen molar-refractivity contribution in [1.82, 2.24) is 15.0 Å². The van der Waals surface area contributed by atoms with Crippen LogP contribution < -0.4 is 5.73 Å². The fraction of sp³-hybridized carbons (Fsp3) is 0.250. The number of anilines is 1. The summed E-state index contributed by atoms with van der Waals surface area (Å²) in [6, 6.07) is 6.03. The van der Waals surface area contributed by atoms with E-state index in [-0.39, 0.29) is 28.7 Å². The number of rotatable bonds is 3. The van der Waals surface area contributed by atoms with E-state index < -0.39 is 4.92 Å². The fourth-order valence-electron chi connectivity index (χ4n) is 1.94. The van der Waals surface area contributed by atoms with Gasteiger partial charge in [-0.2, -0.15) is 5.26 Å². The minimum Gasteiger partial charge on any atom is -0.381 e. The highest BCUT2D eigenvalue weighted by molar-refractivity contribution is 5.58. The Morgan fingerprint density at radius 3 is 2.75 bits per heavy atom. The quantitative estimate of drug-likeness (QED) is 0.670. The molecule has 0 spiro atoms. The first-order valence-corrected chi connectivity index (χ1v) is 5.85. The Morgan fingerprint density at radius 1 is 1.50 bits per heavy atom. The fourth-order valence-corrected chi connectivity index (χ4v) is 1.94. The molecule has 0 amide bonds. The summed E-state index contributed by atoms with van der Waals surface area (Å²) >= 11 is 0. The molecule has 8 nitrogen and oxygen atoms in total. The summed E-state index contributed by atoms with van der Waals surface area (Å²) in [5, 5.41) is 27.6. The molecule has 0 aliphatic carbocycles. The number of nitrogens with zero attached hydrogens (tertiary/aromatic N) is 5. The Hall–Kier alpha value is -2.95. The number of nitriles is 1. The molecule has 0 saturated carbocycles. The van der Waals surface area contributed by atoms with Crippen LogP contribution in [0, 0.1) is 21.4 Å². The number of hydrogen-bond acceptors (Lipinski definition) is 6. The second kappa shape index (κ2) is 4.97. The van der Waals surface area contributed by atoms with E-state index >= 15 is 0 Å². The van der Waals surface area contributed by atoms with Crippen molar-refractivity contribution < 1.29 is 4.92 Å². The standard InChI is InChI=1S/C12H12N6O2/c1-7(2)11-12(14)15-16-17(11)9-4-3-8(6-13)5-10(9)18(19)20/h3-5,7H,14H2,1-2H3. The summed E-state index contributed by atoms with van der Waals surface area (Å²) in [5.74, 6) is 0.235. The first-order valence-electron chi connectivity index (χ1n) is 5.85. The number of benzene rings is 1. The molecule has 1 aromatic heterocycles. The van der Waals surface area contributed by atoms with Crippen molar-refractivity contribution >= 4 is 11.5 Å². The maximum absolute atomic E-state index is 11.2. The topological polar surface area (TPSA) is 124 Å². The minimum absolute atomic E-state index is 0.000229. The van der Waals surface area contributed by atoms with Gasteiger partial charge < -0.3 is 5.73 Å². The van der Waals surface area contributed by atoms with E-state index in [1.54, 1.807) is 0 Å². The monoisotopic (exact) mass is 272 g/mol. The summed E-state index contributed by atoms with van der Waals surface area (Å²) in [4.78, 5) is 10.6. The Kier molecular flexibility index (Phi) is 3.35. The van der Waals surface area contributed by atoms with E-state index in [0.717, 1.165) is 0 Å². The molecule has 2 N–H and O–H groups in total. The van der Waals surface area contributed by atoms with Crippen molar-refractivity contribution in [3.8, 4) is 11.8 Å². The van der Waals surface area contributed by atoms with Crippen molar-refractivity contribution in [2.75, 3.05) is 5.73 Å². The van der Waals surface area contributed by atoms with Gasteiger partial charge in [-0.15, -0.1) is 5.10 Å². The summed E-state index contributed by atoms with van der Waals surface area (Å²) in [6.45, 7) is 3.78. The summed E-state index contributed by atoms with van der Waals surface area (Å²) in [7, 11) is 0. The second-order valence-corrected chi connectivity index (χ2v) is 4.50. The zero-order valence-corrected chi connectivity index (χ0v) is 10.9. The van der Waals surface area contributed by atoms with Crippen molar-refractivity contribution in [2.24, 2.45) is 0 Å². The van der Waals surface area contributed by atoms with Crippen molar-refractivity contribution in [1.29, 1.82) is 5.26 Å². The lowest BCUT2D eigenvalue weighted by Crippen LogP contribution is -2.08. The SMILES string of the molecule is CC(C)c1c(N)nnn1-c1ccc(C#N)cc1[N+](=O)[O-]. The van der Waals surface area contributed by atoms with Crippen LogP contribution in [0.5, 0.6) is 0 Å². The van der Waals surface area contributed by atoms with E-state index in [2.05, 4.69) is 10.3 Å². The highest BCUT2D eigenvalue weighted by Crippen LogP contribution is 2.28. The number of aromatic nitrogens is 3. The minimum atomic E-state index is -0.557. The van der Waals surface area contributed by atoms with Gasteiger partial charge in [-0.1, -0.05) is 19.1 Å². The lowest BCUT2D eigenvalue weighted by Gasteiger charge is -2.10. The van der Waals surface area contributed by atoms with Gasteiger partial charge in [0.2, 0.25) is 0 Å². The van der Waals surface area contributed by atoms with E-state index in [9.17, 15) is 10.1 Å². The largest absolute Gasteiger partial charge is 0.381 e. The smallest absolute Gasteiger partial charge is 0.296 e. The highest BCUT2D eigenvalue weighted by Gasteiger charge is 2.22. The molecule has 20 heavy (non-hydrogen) atoms. The van der Waals surface area contributed by atoms with Gasteiger partial charge in [-0.05, 0) is 18.1 Å². The Bertz CT molecular complexity index is 713. The molecule has 102 valence electrons. The zero-order chi connectivity index (χ0) is 14.9. The number of nitrogen functional groups attached to an aromatic ring is 1. The predicted octanol–water partition coefficient (Wildman–Crippen LogP) is 1.75. The molecule has 8 heteroatoms. The van der Waals surface area contributed by atoms with Crippen LogP contribution in [0.2, 0.25) is 0 Å². The molecule has 1 aromatic carbocycles. The van der Waals surface area contributed by atoms with Crippen LogP contribution >= 0.6 is 0 Å². The predicted molar refractivity (Wildman–Crippen MR) is 71.2 cm³/mol. The third-order valence-corrected chi connectivity index (χ3v) is 2.81. The van der Waals surface area contributed by atoms with Crippen LogP contribution in [-0.2, 0) is 0 Å². The molecule has 0 aliphatic rings. The lowest BCUT2D eigenvalue weighted by atomic mass is 10.1. The molecule has 0 unspecified atom stereocenters. The van der Waals surface area contributed by atoms with Crippen molar-refractivity contribution in [3.05, 3.63) is 39.6 Å². The van der Waals surface area contributed by atoms with Crippen LogP contribution in [0.3, 0.4) is 0 Å². The number of hydrogen-bond donors (Lipinski definition) is 1. The highest BCUT2D eigenvalue weighted by atomic mass is 16.6. The molecule has 0 aliphatic heterocycles. The third-order valence-electron chi connectivity index (χ3n) is 2.81. The van der Waals surface area contributed by atoms with E-state index in [0.29, 0.717) is 5.69 Å². The maximum Gasteiger partial charge on any atom is 0.296 e. The summed E-state index contributed by atoms with van der Waals surface area (Å²) in [6.07, 6.45) is 0. The number of nitro benzene ring substituents is 1. The molecule has 1 heterocycles. The number of nitrogens with two attached hydrogens (primary N) is 1. The Labute approximate surface area is 114 Å². The van der Waals surface area contributed by atoms with Crippen LogP contribution in [-0.4, -0.2) is 19.9 Å². The van der Waals surface area contributed by atoms with Gasteiger partial charge in [0.15, 0.2) is 5.82 Å². The van der Waals surface area contributed by atoms with Gasteiger partial charge in [-0.25, -0.2) is 4.68 Å². The van der Waals surface area contributed by atoms with Gasteiger partial charge in [0.25, 0.3) is 5.69 Å². The third kappa shape index (κ3) is 2.16. The average Bonchev–Trinajstić information content (AvgIpc) is 2.79. The molecule has 0 radical (unpaired) electrons. The number of nitro groups is 1. The molecule has 0 bridgehead atoms. The van der Waals surface area contributed by atoms with E-state index in [1.165, 1.54) is 22.9 Å². The normalized spacial score (nSPS) is 10.5. The van der Waals surface area contributed by atoms with E-state index in [1.807, 2.05) is 19.9 Å². The zero-order valence-electron chi connectivity index (χ0n) is 10.9. The molecule has 0 fully saturated rings. The first-order chi connectivity index (χ1) is 9.45. The summed E-state index contributed by atoms with van der Waals surface area (Å²) in [5.41, 5.74) is 6.57. The van der Waals surface area contributed by atoms with Crippen LogP contribution in [0.4, 0.5) is 11.5 Å². The lowest BCUT2D eigenvalue weighted by molar-refractivity contribution is -0.384. The second-order valence-electron chi connectivity index (χ2n) is 4.50. The molecule has 0 atom stereocenters. The van der Waals surface area contributed by atoms with Gasteiger partial charge in [-0.3, -0.25) is 10.1 Å². The van der Waals surface area contributed by atoms with Gasteiger partial charge in [0.05, 0.1) is 22.2 Å². The molecule has 2 aromatic rings. The average molecular weight is 272 g/mol. The van der Waals surface area contributed by atoms with Gasteiger partial charge >= 0.3 is 0 Å². The van der Waals surface area contributed by atoms with E-state index in [4.69, 9.17) is 11.0 Å². The molecule has 0 saturated heterocycles. The molecule has 2 rings (SSSR count). The molecular weight excluding hydrogens is 260 g/mol. The van der Waals surface area contributed by atoms with Crippen LogP contribution in [0.15, 0.2) is 18.2 Å². The van der Waals surface area contributed by atoms with Gasteiger partial charge in [0, 0.05) is 6.07 Å². The van der Waals surface area contributed by atoms with Gasteiger partial charge in [0.1, 0.15) is 5.69 Å². The van der Waals surface area contributed by atoms with Crippen LogP contribution in [0.1, 0.15) is 31.0 Å². The van der Waals surface area contributed by atoms with Crippen molar-refractivity contribution in [3.63, 3.8) is 0 Å². The Morgan fingerprint density at radius 2 is 2.20 bits per heavy atom. The first kappa shape index (κ1) is 13.5. The van der Waals surface area contributed by atoms with Crippen molar-refractivity contribution in [2.45, 2.75) is 19.8 Å². The Balaban J connectivity index is 2.71.